The second-order valence-electron chi connectivity index (χ2n) is 5.13. The molecule has 0 aliphatic heterocycles. The van der Waals surface area contributed by atoms with Crippen molar-refractivity contribution in [2.24, 2.45) is 0 Å². The van der Waals surface area contributed by atoms with Crippen molar-refractivity contribution in [2.45, 2.75) is 57.4 Å². The van der Waals surface area contributed by atoms with Crippen LogP contribution in [0.1, 0.15) is 39.5 Å². The van der Waals surface area contributed by atoms with Crippen LogP contribution < -0.4 is 10.9 Å². The van der Waals surface area contributed by atoms with E-state index in [9.17, 15) is 4.79 Å². The Morgan fingerprint density at radius 3 is 3.00 bits per heavy atom. The smallest absolute Gasteiger partial charge is 0.287 e. The van der Waals surface area contributed by atoms with Crippen molar-refractivity contribution in [1.29, 1.82) is 0 Å². The molecule has 0 radical (unpaired) electrons. The molecule has 0 spiro atoms. The van der Waals surface area contributed by atoms with Crippen LogP contribution in [-0.2, 0) is 6.54 Å². The fourth-order valence-corrected chi connectivity index (χ4v) is 3.96. The van der Waals surface area contributed by atoms with Gasteiger partial charge in [0.25, 0.3) is 5.56 Å². The average Bonchev–Trinajstić information content (AvgIpc) is 2.86. The summed E-state index contributed by atoms with van der Waals surface area (Å²) in [6.07, 6.45) is 6.04. The highest BCUT2D eigenvalue weighted by Gasteiger charge is 2.25. The normalized spacial score (nSPS) is 22.1. The molecule has 1 saturated carbocycles. The monoisotopic (exact) mass is 315 g/mol. The largest absolute Gasteiger partial charge is 0.380 e. The van der Waals surface area contributed by atoms with Gasteiger partial charge >= 0.3 is 0 Å². The van der Waals surface area contributed by atoms with E-state index in [0.717, 1.165) is 30.3 Å². The van der Waals surface area contributed by atoms with E-state index in [2.05, 4.69) is 17.3 Å². The predicted molar refractivity (Wildman–Crippen MR) is 87.0 cm³/mol. The third kappa shape index (κ3) is 3.70. The van der Waals surface area contributed by atoms with Gasteiger partial charge in [0, 0.05) is 17.8 Å². The Bertz CT molecular complexity index is 506. The lowest BCUT2D eigenvalue weighted by Gasteiger charge is -2.15. The van der Waals surface area contributed by atoms with E-state index in [1.165, 1.54) is 11.1 Å². The number of aromatic nitrogens is 2. The SMILES string of the molecule is CCCn1ncc(NC2CCC(SCC)C2)c(Cl)c1=O. The predicted octanol–water partition coefficient (Wildman–Crippen LogP) is 3.39. The number of rotatable bonds is 6. The lowest BCUT2D eigenvalue weighted by Crippen LogP contribution is -2.26. The zero-order valence-corrected chi connectivity index (χ0v) is 13.6. The highest BCUT2D eigenvalue weighted by Crippen LogP contribution is 2.32. The molecular weight excluding hydrogens is 294 g/mol. The summed E-state index contributed by atoms with van der Waals surface area (Å²) in [7, 11) is 0. The van der Waals surface area contributed by atoms with Crippen molar-refractivity contribution < 1.29 is 0 Å². The summed E-state index contributed by atoms with van der Waals surface area (Å²) >= 11 is 8.18. The van der Waals surface area contributed by atoms with E-state index in [1.54, 1.807) is 6.20 Å². The molecule has 1 aliphatic carbocycles. The lowest BCUT2D eigenvalue weighted by molar-refractivity contribution is 0.568. The molecule has 2 unspecified atom stereocenters. The molecule has 1 aliphatic rings. The van der Waals surface area contributed by atoms with Crippen molar-refractivity contribution in [3.8, 4) is 0 Å². The van der Waals surface area contributed by atoms with Crippen LogP contribution in [0.5, 0.6) is 0 Å². The minimum Gasteiger partial charge on any atom is -0.380 e. The standard InChI is InChI=1S/C14H22ClN3OS/c1-3-7-18-14(19)13(15)12(9-16-18)17-10-5-6-11(8-10)20-4-2/h9-11,17H,3-8H2,1-2H3. The van der Waals surface area contributed by atoms with Crippen LogP contribution in [-0.4, -0.2) is 26.8 Å². The summed E-state index contributed by atoms with van der Waals surface area (Å²) in [6, 6.07) is 0.403. The van der Waals surface area contributed by atoms with Gasteiger partial charge in [-0.25, -0.2) is 4.68 Å². The third-order valence-electron chi connectivity index (χ3n) is 3.57. The van der Waals surface area contributed by atoms with Crippen LogP contribution in [0.25, 0.3) is 0 Å². The highest BCUT2D eigenvalue weighted by atomic mass is 35.5. The van der Waals surface area contributed by atoms with Gasteiger partial charge < -0.3 is 5.32 Å². The van der Waals surface area contributed by atoms with Crippen molar-refractivity contribution in [1.82, 2.24) is 9.78 Å². The van der Waals surface area contributed by atoms with Gasteiger partial charge in [-0.15, -0.1) is 0 Å². The van der Waals surface area contributed by atoms with Crippen molar-refractivity contribution >= 4 is 29.1 Å². The van der Waals surface area contributed by atoms with Gasteiger partial charge in [-0.3, -0.25) is 4.79 Å². The van der Waals surface area contributed by atoms with Crippen LogP contribution in [0, 0.1) is 0 Å². The van der Waals surface area contributed by atoms with Gasteiger partial charge in [-0.05, 0) is 31.4 Å². The van der Waals surface area contributed by atoms with E-state index in [4.69, 9.17) is 11.6 Å². The van der Waals surface area contributed by atoms with Gasteiger partial charge in [0.05, 0.1) is 11.9 Å². The van der Waals surface area contributed by atoms with Gasteiger partial charge in [0.1, 0.15) is 5.02 Å². The van der Waals surface area contributed by atoms with Crippen LogP contribution in [0.2, 0.25) is 5.02 Å². The molecule has 112 valence electrons. The molecule has 0 amide bonds. The van der Waals surface area contributed by atoms with Crippen molar-refractivity contribution in [3.05, 3.63) is 21.6 Å². The lowest BCUT2D eigenvalue weighted by atomic mass is 10.2. The second kappa shape index (κ2) is 7.36. The summed E-state index contributed by atoms with van der Waals surface area (Å²) in [6.45, 7) is 4.81. The Balaban J connectivity index is 2.04. The molecule has 4 nitrogen and oxygen atoms in total. The fourth-order valence-electron chi connectivity index (χ4n) is 2.61. The molecule has 1 aromatic rings. The summed E-state index contributed by atoms with van der Waals surface area (Å²) in [4.78, 5) is 12.0. The zero-order chi connectivity index (χ0) is 14.5. The Kier molecular flexibility index (Phi) is 5.78. The van der Waals surface area contributed by atoms with Gasteiger partial charge in [0.2, 0.25) is 0 Å². The average molecular weight is 316 g/mol. The van der Waals surface area contributed by atoms with Crippen molar-refractivity contribution in [3.63, 3.8) is 0 Å². The molecule has 6 heteroatoms. The Morgan fingerprint density at radius 2 is 2.30 bits per heavy atom. The third-order valence-corrected chi connectivity index (χ3v) is 5.16. The second-order valence-corrected chi connectivity index (χ2v) is 7.09. The van der Waals surface area contributed by atoms with Crippen LogP contribution in [0.3, 0.4) is 0 Å². The summed E-state index contributed by atoms with van der Waals surface area (Å²) < 4.78 is 1.43. The fraction of sp³-hybridized carbons (Fsp3) is 0.714. The summed E-state index contributed by atoms with van der Waals surface area (Å²) in [5.74, 6) is 1.16. The zero-order valence-electron chi connectivity index (χ0n) is 12.1. The molecule has 2 atom stereocenters. The minimum atomic E-state index is -0.198. The molecule has 1 fully saturated rings. The first-order valence-electron chi connectivity index (χ1n) is 7.29. The number of aryl methyl sites for hydroxylation is 1. The van der Waals surface area contributed by atoms with Gasteiger partial charge in [-0.1, -0.05) is 25.4 Å². The Morgan fingerprint density at radius 1 is 1.50 bits per heavy atom. The summed E-state index contributed by atoms with van der Waals surface area (Å²) in [5.41, 5.74) is 0.479. The van der Waals surface area contributed by atoms with Crippen LogP contribution >= 0.6 is 23.4 Å². The van der Waals surface area contributed by atoms with Gasteiger partial charge in [-0.2, -0.15) is 16.9 Å². The van der Waals surface area contributed by atoms with E-state index < -0.39 is 0 Å². The minimum absolute atomic E-state index is 0.198. The first-order chi connectivity index (χ1) is 9.65. The Hall–Kier alpha value is -0.680. The maximum Gasteiger partial charge on any atom is 0.287 e. The first kappa shape index (κ1) is 15.7. The molecule has 20 heavy (non-hydrogen) atoms. The maximum atomic E-state index is 12.0. The quantitative estimate of drug-likeness (QED) is 0.874. The number of nitrogens with one attached hydrogen (secondary N) is 1. The number of nitrogens with zero attached hydrogens (tertiary/aromatic N) is 2. The Labute approximate surface area is 129 Å². The highest BCUT2D eigenvalue weighted by molar-refractivity contribution is 7.99. The molecule has 0 saturated heterocycles. The number of anilines is 1. The van der Waals surface area contributed by atoms with Crippen molar-refractivity contribution in [2.75, 3.05) is 11.1 Å². The summed E-state index contributed by atoms with van der Waals surface area (Å²) in [5, 5.41) is 8.56. The number of halogens is 1. The van der Waals surface area contributed by atoms with E-state index in [1.807, 2.05) is 18.7 Å². The molecule has 2 rings (SSSR count). The molecule has 0 bridgehead atoms. The number of hydrogen-bond donors (Lipinski definition) is 1. The molecule has 0 aromatic carbocycles. The molecule has 1 aromatic heterocycles. The molecule has 1 heterocycles. The first-order valence-corrected chi connectivity index (χ1v) is 8.72. The molecule has 1 N–H and O–H groups in total. The van der Waals surface area contributed by atoms with Crippen LogP contribution in [0.15, 0.2) is 11.0 Å². The number of thioether (sulfide) groups is 1. The van der Waals surface area contributed by atoms with E-state index in [-0.39, 0.29) is 10.6 Å². The van der Waals surface area contributed by atoms with Crippen LogP contribution in [0.4, 0.5) is 5.69 Å². The van der Waals surface area contributed by atoms with E-state index in [0.29, 0.717) is 18.3 Å². The van der Waals surface area contributed by atoms with Gasteiger partial charge in [0.15, 0.2) is 0 Å². The van der Waals surface area contributed by atoms with E-state index >= 15 is 0 Å². The topological polar surface area (TPSA) is 46.9 Å². The maximum absolute atomic E-state index is 12.0. The molecular formula is C14H22ClN3OS. The number of hydrogen-bond acceptors (Lipinski definition) is 4.